The number of nitrogens with zero attached hydrogens (tertiary/aromatic N) is 1. The van der Waals surface area contributed by atoms with Crippen LogP contribution in [0.4, 0.5) is 0 Å². The van der Waals surface area contributed by atoms with Gasteiger partial charge in [0.05, 0.1) is 11.3 Å². The molecule has 0 unspecified atom stereocenters. The standard InChI is InChI=1S/C15H9NO2/c17-13-8-9-14(18)15-11(13)6-7-12(16-15)10-4-2-1-3-5-10/h1-9H. The molecule has 0 amide bonds. The van der Waals surface area contributed by atoms with E-state index in [4.69, 9.17) is 0 Å². The van der Waals surface area contributed by atoms with E-state index in [9.17, 15) is 9.59 Å². The number of carbonyl (C=O) groups excluding carboxylic acids is 2. The summed E-state index contributed by atoms with van der Waals surface area (Å²) in [7, 11) is 0. The predicted molar refractivity (Wildman–Crippen MR) is 67.5 cm³/mol. The predicted octanol–water partition coefficient (Wildman–Crippen LogP) is 2.68. The van der Waals surface area contributed by atoms with Crippen LogP contribution >= 0.6 is 0 Å². The number of hydrogen-bond donors (Lipinski definition) is 0. The molecule has 1 aromatic heterocycles. The Bertz CT molecular complexity index is 672. The van der Waals surface area contributed by atoms with Gasteiger partial charge < -0.3 is 0 Å². The first-order chi connectivity index (χ1) is 8.75. The molecule has 0 N–H and O–H groups in total. The highest BCUT2D eigenvalue weighted by Crippen LogP contribution is 2.21. The van der Waals surface area contributed by atoms with E-state index in [-0.39, 0.29) is 17.3 Å². The lowest BCUT2D eigenvalue weighted by molar-refractivity contribution is 0.0990. The van der Waals surface area contributed by atoms with E-state index >= 15 is 0 Å². The summed E-state index contributed by atoms with van der Waals surface area (Å²) in [6, 6.07) is 13.0. The lowest BCUT2D eigenvalue weighted by Gasteiger charge is -2.09. The third-order valence-electron chi connectivity index (χ3n) is 2.85. The highest BCUT2D eigenvalue weighted by atomic mass is 16.1. The molecule has 0 saturated heterocycles. The van der Waals surface area contributed by atoms with E-state index in [1.165, 1.54) is 12.2 Å². The van der Waals surface area contributed by atoms with Crippen LogP contribution in [0.5, 0.6) is 0 Å². The molecule has 0 atom stereocenters. The molecule has 0 aliphatic heterocycles. The lowest BCUT2D eigenvalue weighted by atomic mass is 9.98. The molecular weight excluding hydrogens is 226 g/mol. The van der Waals surface area contributed by atoms with E-state index in [0.29, 0.717) is 11.3 Å². The number of pyridine rings is 1. The third kappa shape index (κ3) is 1.66. The van der Waals surface area contributed by atoms with Crippen molar-refractivity contribution in [2.75, 3.05) is 0 Å². The van der Waals surface area contributed by atoms with E-state index in [0.717, 1.165) is 5.56 Å². The largest absolute Gasteiger partial charge is 0.289 e. The van der Waals surface area contributed by atoms with Gasteiger partial charge in [0.2, 0.25) is 5.78 Å². The number of rotatable bonds is 1. The summed E-state index contributed by atoms with van der Waals surface area (Å²) in [5.41, 5.74) is 2.24. The highest BCUT2D eigenvalue weighted by molar-refractivity contribution is 6.21. The number of hydrogen-bond acceptors (Lipinski definition) is 3. The molecule has 0 spiro atoms. The molecule has 3 rings (SSSR count). The minimum Gasteiger partial charge on any atom is -0.289 e. The van der Waals surface area contributed by atoms with Crippen molar-refractivity contribution < 1.29 is 9.59 Å². The second-order valence-corrected chi connectivity index (χ2v) is 4.02. The summed E-state index contributed by atoms with van der Waals surface area (Å²) in [4.78, 5) is 27.6. The number of fused-ring (bicyclic) bond motifs is 1. The Hall–Kier alpha value is -2.55. The van der Waals surface area contributed by atoms with Crippen LogP contribution in [0.1, 0.15) is 20.8 Å². The molecule has 2 aromatic rings. The molecule has 1 aliphatic rings. The molecule has 3 nitrogen and oxygen atoms in total. The van der Waals surface area contributed by atoms with Gasteiger partial charge in [-0.2, -0.15) is 0 Å². The minimum atomic E-state index is -0.220. The fourth-order valence-corrected chi connectivity index (χ4v) is 1.94. The zero-order valence-electron chi connectivity index (χ0n) is 9.46. The SMILES string of the molecule is O=C1C=CC(=O)c2nc(-c3ccccc3)ccc21. The average Bonchev–Trinajstić information content (AvgIpc) is 2.44. The van der Waals surface area contributed by atoms with Crippen LogP contribution in [-0.4, -0.2) is 16.6 Å². The molecule has 0 radical (unpaired) electrons. The van der Waals surface area contributed by atoms with Crippen molar-refractivity contribution in [1.29, 1.82) is 0 Å². The maximum atomic E-state index is 11.7. The van der Waals surface area contributed by atoms with Crippen molar-refractivity contribution in [1.82, 2.24) is 4.98 Å². The smallest absolute Gasteiger partial charge is 0.205 e. The Balaban J connectivity index is 2.16. The van der Waals surface area contributed by atoms with Gasteiger partial charge in [-0.05, 0) is 24.3 Å². The van der Waals surface area contributed by atoms with Crippen LogP contribution in [0.2, 0.25) is 0 Å². The van der Waals surface area contributed by atoms with Gasteiger partial charge in [-0.1, -0.05) is 30.3 Å². The zero-order valence-corrected chi connectivity index (χ0v) is 9.46. The van der Waals surface area contributed by atoms with E-state index in [1.807, 2.05) is 30.3 Å². The third-order valence-corrected chi connectivity index (χ3v) is 2.85. The molecule has 1 aliphatic carbocycles. The molecule has 1 heterocycles. The van der Waals surface area contributed by atoms with E-state index in [1.54, 1.807) is 12.1 Å². The van der Waals surface area contributed by atoms with Crippen LogP contribution in [0, 0.1) is 0 Å². The molecule has 3 heteroatoms. The monoisotopic (exact) mass is 235 g/mol. The van der Waals surface area contributed by atoms with Crippen LogP contribution in [0.15, 0.2) is 54.6 Å². The van der Waals surface area contributed by atoms with Crippen molar-refractivity contribution in [3.63, 3.8) is 0 Å². The van der Waals surface area contributed by atoms with Crippen LogP contribution < -0.4 is 0 Å². The van der Waals surface area contributed by atoms with Crippen LogP contribution in [-0.2, 0) is 0 Å². The Morgan fingerprint density at radius 2 is 1.50 bits per heavy atom. The minimum absolute atomic E-state index is 0.170. The van der Waals surface area contributed by atoms with Crippen LogP contribution in [0.3, 0.4) is 0 Å². The Morgan fingerprint density at radius 1 is 0.778 bits per heavy atom. The molecule has 86 valence electrons. The van der Waals surface area contributed by atoms with Crippen molar-refractivity contribution in [2.24, 2.45) is 0 Å². The molecule has 0 saturated carbocycles. The first-order valence-corrected chi connectivity index (χ1v) is 5.59. The maximum absolute atomic E-state index is 11.7. The summed E-state index contributed by atoms with van der Waals surface area (Å²) < 4.78 is 0. The normalized spacial score (nSPS) is 13.6. The van der Waals surface area contributed by atoms with Gasteiger partial charge in [0.1, 0.15) is 5.69 Å². The molecule has 18 heavy (non-hydrogen) atoms. The molecule has 1 aromatic carbocycles. The lowest BCUT2D eigenvalue weighted by Crippen LogP contribution is -2.13. The number of carbonyl (C=O) groups is 2. The molecule has 0 fully saturated rings. The molecular formula is C15H9NO2. The first-order valence-electron chi connectivity index (χ1n) is 5.59. The summed E-state index contributed by atoms with van der Waals surface area (Å²) >= 11 is 0. The van der Waals surface area contributed by atoms with Gasteiger partial charge in [-0.3, -0.25) is 9.59 Å². The number of ketones is 2. The molecule has 0 bridgehead atoms. The highest BCUT2D eigenvalue weighted by Gasteiger charge is 2.20. The van der Waals surface area contributed by atoms with Gasteiger partial charge in [0.25, 0.3) is 0 Å². The number of aromatic nitrogens is 1. The quantitative estimate of drug-likeness (QED) is 0.763. The maximum Gasteiger partial charge on any atom is 0.205 e. The zero-order chi connectivity index (χ0) is 12.5. The van der Waals surface area contributed by atoms with E-state index < -0.39 is 0 Å². The van der Waals surface area contributed by atoms with Gasteiger partial charge in [0, 0.05) is 5.56 Å². The first kappa shape index (κ1) is 10.6. The van der Waals surface area contributed by atoms with Crippen molar-refractivity contribution in [3.8, 4) is 11.3 Å². The van der Waals surface area contributed by atoms with Crippen molar-refractivity contribution in [3.05, 3.63) is 65.9 Å². The summed E-state index contributed by atoms with van der Waals surface area (Å²) in [5, 5.41) is 0. The fraction of sp³-hybridized carbons (Fsp3) is 0. The summed E-state index contributed by atoms with van der Waals surface area (Å²) in [6.07, 6.45) is 2.56. The summed E-state index contributed by atoms with van der Waals surface area (Å²) in [6.45, 7) is 0. The topological polar surface area (TPSA) is 47.0 Å². The fourth-order valence-electron chi connectivity index (χ4n) is 1.94. The summed E-state index contributed by atoms with van der Waals surface area (Å²) in [5.74, 6) is -0.390. The second-order valence-electron chi connectivity index (χ2n) is 4.02. The second kappa shape index (κ2) is 4.04. The van der Waals surface area contributed by atoms with E-state index in [2.05, 4.69) is 4.98 Å². The number of benzene rings is 1. The van der Waals surface area contributed by atoms with Crippen molar-refractivity contribution >= 4 is 11.6 Å². The Labute approximate surface area is 104 Å². The number of allylic oxidation sites excluding steroid dienone is 2. The van der Waals surface area contributed by atoms with Gasteiger partial charge in [-0.25, -0.2) is 4.98 Å². The van der Waals surface area contributed by atoms with Crippen molar-refractivity contribution in [2.45, 2.75) is 0 Å². The Kier molecular flexibility index (Phi) is 2.38. The van der Waals surface area contributed by atoms with Crippen LogP contribution in [0.25, 0.3) is 11.3 Å². The Morgan fingerprint density at radius 3 is 2.28 bits per heavy atom. The van der Waals surface area contributed by atoms with Gasteiger partial charge in [-0.15, -0.1) is 0 Å². The van der Waals surface area contributed by atoms with Gasteiger partial charge >= 0.3 is 0 Å². The van der Waals surface area contributed by atoms with Gasteiger partial charge in [0.15, 0.2) is 5.78 Å². The average molecular weight is 235 g/mol.